The highest BCUT2D eigenvalue weighted by Crippen LogP contribution is 2.24. The summed E-state index contributed by atoms with van der Waals surface area (Å²) in [5.74, 6) is 1.36. The number of nitrogens with one attached hydrogen (secondary N) is 2. The Hall–Kier alpha value is -2.18. The third kappa shape index (κ3) is 3.97. The van der Waals surface area contributed by atoms with E-state index in [1.807, 2.05) is 48.5 Å². The lowest BCUT2D eigenvalue weighted by Gasteiger charge is -2.11. The number of methoxy groups -OCH3 is 1. The number of para-hydroxylation sites is 1. The van der Waals surface area contributed by atoms with Crippen molar-refractivity contribution in [2.24, 2.45) is 0 Å². The summed E-state index contributed by atoms with van der Waals surface area (Å²) in [6, 6.07) is 15.8. The van der Waals surface area contributed by atoms with Gasteiger partial charge in [-0.15, -0.1) is 0 Å². The number of benzene rings is 2. The van der Waals surface area contributed by atoms with Crippen molar-refractivity contribution >= 4 is 44.3 Å². The normalized spacial score (nSPS) is 10.7. The maximum atomic E-state index is 5.09. The number of hydrogen-bond acceptors (Lipinski definition) is 5. The maximum absolute atomic E-state index is 5.09. The molecule has 5 nitrogen and oxygen atoms in total. The average molecular weight is 373 g/mol. The van der Waals surface area contributed by atoms with Crippen LogP contribution < -0.4 is 10.6 Å². The van der Waals surface area contributed by atoms with Gasteiger partial charge >= 0.3 is 0 Å². The smallest absolute Gasteiger partial charge is 0.229 e. The van der Waals surface area contributed by atoms with Crippen molar-refractivity contribution in [2.75, 3.05) is 30.9 Å². The minimum atomic E-state index is 0.561. The molecule has 0 amide bonds. The minimum absolute atomic E-state index is 0.561. The first-order valence-electron chi connectivity index (χ1n) is 7.28. The van der Waals surface area contributed by atoms with Crippen molar-refractivity contribution in [1.29, 1.82) is 0 Å². The lowest BCUT2D eigenvalue weighted by atomic mass is 10.2. The van der Waals surface area contributed by atoms with Gasteiger partial charge in [0.1, 0.15) is 5.82 Å². The van der Waals surface area contributed by atoms with Crippen molar-refractivity contribution in [1.82, 2.24) is 9.97 Å². The molecule has 2 N–H and O–H groups in total. The van der Waals surface area contributed by atoms with Gasteiger partial charge in [0.05, 0.1) is 12.1 Å². The Kier molecular flexibility index (Phi) is 5.05. The summed E-state index contributed by atoms with van der Waals surface area (Å²) in [5.41, 5.74) is 1.83. The summed E-state index contributed by atoms with van der Waals surface area (Å²) in [4.78, 5) is 9.17. The Morgan fingerprint density at radius 2 is 1.83 bits per heavy atom. The van der Waals surface area contributed by atoms with Gasteiger partial charge in [-0.25, -0.2) is 4.98 Å². The second-order valence-corrected chi connectivity index (χ2v) is 5.88. The van der Waals surface area contributed by atoms with Gasteiger partial charge in [0.2, 0.25) is 5.95 Å². The van der Waals surface area contributed by atoms with Gasteiger partial charge in [-0.2, -0.15) is 4.98 Å². The molecule has 0 fully saturated rings. The number of halogens is 1. The van der Waals surface area contributed by atoms with E-state index in [-0.39, 0.29) is 0 Å². The quantitative estimate of drug-likeness (QED) is 0.635. The maximum Gasteiger partial charge on any atom is 0.229 e. The standard InChI is InChI=1S/C17H17BrN4O/c1-23-11-10-19-16-14-4-2-3-5-15(14)21-17(22-16)20-13-8-6-12(18)7-9-13/h2-9H,10-11H2,1H3,(H2,19,20,21,22). The van der Waals surface area contributed by atoms with Gasteiger partial charge in [0, 0.05) is 29.2 Å². The molecule has 3 rings (SSSR count). The van der Waals surface area contributed by atoms with Gasteiger partial charge < -0.3 is 15.4 Å². The number of ether oxygens (including phenoxy) is 1. The highest BCUT2D eigenvalue weighted by Gasteiger charge is 2.07. The fraction of sp³-hybridized carbons (Fsp3) is 0.176. The predicted octanol–water partition coefficient (Wildman–Crippen LogP) is 4.19. The van der Waals surface area contributed by atoms with E-state index in [9.17, 15) is 0 Å². The van der Waals surface area contributed by atoms with Crippen molar-refractivity contribution in [3.05, 3.63) is 53.0 Å². The van der Waals surface area contributed by atoms with E-state index >= 15 is 0 Å². The van der Waals surface area contributed by atoms with Crippen LogP contribution in [0.25, 0.3) is 10.9 Å². The van der Waals surface area contributed by atoms with E-state index < -0.39 is 0 Å². The van der Waals surface area contributed by atoms with Crippen molar-refractivity contribution < 1.29 is 4.74 Å². The van der Waals surface area contributed by atoms with Crippen LogP contribution in [-0.4, -0.2) is 30.2 Å². The Morgan fingerprint density at radius 3 is 2.61 bits per heavy atom. The summed E-state index contributed by atoms with van der Waals surface area (Å²) >= 11 is 3.43. The predicted molar refractivity (Wildman–Crippen MR) is 97.3 cm³/mol. The number of anilines is 3. The van der Waals surface area contributed by atoms with Gasteiger partial charge in [0.15, 0.2) is 0 Å². The summed E-state index contributed by atoms with van der Waals surface area (Å²) in [5, 5.41) is 7.53. The molecule has 0 saturated heterocycles. The average Bonchev–Trinajstić information content (AvgIpc) is 2.57. The molecule has 1 heterocycles. The zero-order valence-corrected chi connectivity index (χ0v) is 14.3. The Balaban J connectivity index is 1.92. The molecule has 0 saturated carbocycles. The molecule has 23 heavy (non-hydrogen) atoms. The number of rotatable bonds is 6. The highest BCUT2D eigenvalue weighted by atomic mass is 79.9. The second kappa shape index (κ2) is 7.39. The van der Waals surface area contributed by atoms with Crippen LogP contribution in [0.5, 0.6) is 0 Å². The molecule has 0 spiro atoms. The second-order valence-electron chi connectivity index (χ2n) is 4.96. The summed E-state index contributed by atoms with van der Waals surface area (Å²) in [6.07, 6.45) is 0. The molecule has 0 aliphatic heterocycles. The van der Waals surface area contributed by atoms with Crippen molar-refractivity contribution in [3.8, 4) is 0 Å². The number of hydrogen-bond donors (Lipinski definition) is 2. The highest BCUT2D eigenvalue weighted by molar-refractivity contribution is 9.10. The molecule has 0 bridgehead atoms. The fourth-order valence-corrected chi connectivity index (χ4v) is 2.47. The fourth-order valence-electron chi connectivity index (χ4n) is 2.20. The van der Waals surface area contributed by atoms with E-state index in [2.05, 4.69) is 36.5 Å². The molecule has 0 radical (unpaired) electrons. The molecular weight excluding hydrogens is 356 g/mol. The Labute approximate surface area is 143 Å². The lowest BCUT2D eigenvalue weighted by molar-refractivity contribution is 0.210. The first-order chi connectivity index (χ1) is 11.3. The monoisotopic (exact) mass is 372 g/mol. The number of nitrogens with zero attached hydrogens (tertiary/aromatic N) is 2. The van der Waals surface area contributed by atoms with Crippen LogP contribution in [0, 0.1) is 0 Å². The van der Waals surface area contributed by atoms with Gasteiger partial charge in [0.25, 0.3) is 0 Å². The largest absolute Gasteiger partial charge is 0.383 e. The molecule has 0 aliphatic carbocycles. The first kappa shape index (κ1) is 15.7. The van der Waals surface area contributed by atoms with Crippen LogP contribution in [0.15, 0.2) is 53.0 Å². The third-order valence-electron chi connectivity index (χ3n) is 3.30. The molecule has 1 aromatic heterocycles. The van der Waals surface area contributed by atoms with Crippen LogP contribution in [0.4, 0.5) is 17.5 Å². The van der Waals surface area contributed by atoms with Gasteiger partial charge in [-0.1, -0.05) is 28.1 Å². The van der Waals surface area contributed by atoms with Crippen molar-refractivity contribution in [3.63, 3.8) is 0 Å². The van der Waals surface area contributed by atoms with E-state index in [1.54, 1.807) is 7.11 Å². The zero-order chi connectivity index (χ0) is 16.1. The Morgan fingerprint density at radius 1 is 1.04 bits per heavy atom. The molecule has 118 valence electrons. The Bertz CT molecular complexity index is 792. The van der Waals surface area contributed by atoms with E-state index in [0.717, 1.165) is 26.9 Å². The molecule has 0 unspecified atom stereocenters. The third-order valence-corrected chi connectivity index (χ3v) is 3.83. The molecule has 3 aromatic rings. The summed E-state index contributed by atoms with van der Waals surface area (Å²) < 4.78 is 6.12. The molecule has 0 aliphatic rings. The molecule has 6 heteroatoms. The van der Waals surface area contributed by atoms with Crippen LogP contribution in [0.1, 0.15) is 0 Å². The lowest BCUT2D eigenvalue weighted by Crippen LogP contribution is -2.10. The van der Waals surface area contributed by atoms with Crippen LogP contribution in [-0.2, 0) is 4.74 Å². The summed E-state index contributed by atoms with van der Waals surface area (Å²) in [7, 11) is 1.68. The van der Waals surface area contributed by atoms with Crippen molar-refractivity contribution in [2.45, 2.75) is 0 Å². The van der Waals surface area contributed by atoms with E-state index in [0.29, 0.717) is 19.1 Å². The topological polar surface area (TPSA) is 59.1 Å². The molecular formula is C17H17BrN4O. The molecule has 2 aromatic carbocycles. The number of fused-ring (bicyclic) bond motifs is 1. The van der Waals surface area contributed by atoms with Gasteiger partial charge in [-0.05, 0) is 36.4 Å². The van der Waals surface area contributed by atoms with E-state index in [1.165, 1.54) is 0 Å². The molecule has 0 atom stereocenters. The van der Waals surface area contributed by atoms with Crippen LogP contribution in [0.2, 0.25) is 0 Å². The zero-order valence-electron chi connectivity index (χ0n) is 12.7. The minimum Gasteiger partial charge on any atom is -0.383 e. The number of aromatic nitrogens is 2. The summed E-state index contributed by atoms with van der Waals surface area (Å²) in [6.45, 7) is 1.31. The van der Waals surface area contributed by atoms with Crippen LogP contribution in [0.3, 0.4) is 0 Å². The van der Waals surface area contributed by atoms with E-state index in [4.69, 9.17) is 4.74 Å². The van der Waals surface area contributed by atoms with Gasteiger partial charge in [-0.3, -0.25) is 0 Å². The van der Waals surface area contributed by atoms with Crippen LogP contribution >= 0.6 is 15.9 Å². The first-order valence-corrected chi connectivity index (χ1v) is 8.08. The SMILES string of the molecule is COCCNc1nc(Nc2ccc(Br)cc2)nc2ccccc12.